The van der Waals surface area contributed by atoms with Crippen LogP contribution in [0.4, 0.5) is 10.5 Å². The summed E-state index contributed by atoms with van der Waals surface area (Å²) < 4.78 is 12.5. The summed E-state index contributed by atoms with van der Waals surface area (Å²) in [4.78, 5) is 25.8. The first-order valence-electron chi connectivity index (χ1n) is 10.3. The van der Waals surface area contributed by atoms with Gasteiger partial charge < -0.3 is 14.8 Å². The van der Waals surface area contributed by atoms with E-state index in [-0.39, 0.29) is 12.5 Å². The van der Waals surface area contributed by atoms with Crippen LogP contribution in [-0.2, 0) is 11.2 Å². The number of thiophene rings is 1. The van der Waals surface area contributed by atoms with Gasteiger partial charge in [-0.05, 0) is 35.7 Å². The van der Waals surface area contributed by atoms with Gasteiger partial charge in [0.1, 0.15) is 5.82 Å². The van der Waals surface area contributed by atoms with Crippen molar-refractivity contribution in [1.29, 1.82) is 0 Å². The maximum atomic E-state index is 12.4. The molecule has 3 amide bonds. The van der Waals surface area contributed by atoms with E-state index in [1.807, 2.05) is 52.4 Å². The summed E-state index contributed by atoms with van der Waals surface area (Å²) in [5.41, 5.74) is 1.40. The Labute approximate surface area is 203 Å². The molecule has 2 aromatic heterocycles. The first kappa shape index (κ1) is 22.0. The maximum Gasteiger partial charge on any atom is 0.325 e. The molecule has 9 nitrogen and oxygen atoms in total. The lowest BCUT2D eigenvalue weighted by Gasteiger charge is -2.10. The van der Waals surface area contributed by atoms with Crippen LogP contribution < -0.4 is 20.1 Å². The Balaban J connectivity index is 1.23. The van der Waals surface area contributed by atoms with Crippen LogP contribution in [0.15, 0.2) is 71.2 Å². The van der Waals surface area contributed by atoms with E-state index in [0.717, 1.165) is 11.5 Å². The smallest absolute Gasteiger partial charge is 0.325 e. The minimum Gasteiger partial charge on any atom is -0.454 e. The number of aromatic nitrogens is 3. The van der Waals surface area contributed by atoms with Crippen molar-refractivity contribution < 1.29 is 19.1 Å². The van der Waals surface area contributed by atoms with Crippen LogP contribution in [-0.4, -0.2) is 39.2 Å². The van der Waals surface area contributed by atoms with E-state index in [0.29, 0.717) is 28.8 Å². The highest BCUT2D eigenvalue weighted by Gasteiger charge is 2.18. The van der Waals surface area contributed by atoms with Crippen LogP contribution in [0.5, 0.6) is 11.5 Å². The Morgan fingerprint density at radius 3 is 2.71 bits per heavy atom. The van der Waals surface area contributed by atoms with Gasteiger partial charge in [-0.15, -0.1) is 21.5 Å². The third-order valence-electron chi connectivity index (χ3n) is 4.84. The summed E-state index contributed by atoms with van der Waals surface area (Å²) in [7, 11) is 0. The summed E-state index contributed by atoms with van der Waals surface area (Å²) in [6.45, 7) is 0.142. The number of ether oxygens (including phenoxy) is 2. The van der Waals surface area contributed by atoms with Crippen LogP contribution in [0.1, 0.15) is 10.7 Å². The van der Waals surface area contributed by atoms with E-state index in [1.54, 1.807) is 29.5 Å². The lowest BCUT2D eigenvalue weighted by atomic mass is 10.3. The van der Waals surface area contributed by atoms with Crippen LogP contribution >= 0.6 is 23.1 Å². The van der Waals surface area contributed by atoms with Crippen molar-refractivity contribution in [2.45, 2.75) is 11.6 Å². The fourth-order valence-electron chi connectivity index (χ4n) is 3.34. The topological polar surface area (TPSA) is 107 Å². The van der Waals surface area contributed by atoms with Gasteiger partial charge >= 0.3 is 6.03 Å². The zero-order chi connectivity index (χ0) is 23.3. The number of para-hydroxylation sites is 1. The number of amides is 3. The normalized spacial score (nSPS) is 11.9. The van der Waals surface area contributed by atoms with E-state index in [1.165, 1.54) is 16.6 Å². The molecule has 0 bridgehead atoms. The van der Waals surface area contributed by atoms with E-state index in [4.69, 9.17) is 9.47 Å². The van der Waals surface area contributed by atoms with Crippen molar-refractivity contribution in [3.8, 4) is 17.2 Å². The second-order valence-electron chi connectivity index (χ2n) is 7.18. The molecule has 1 aliphatic rings. The Bertz CT molecular complexity index is 1310. The highest BCUT2D eigenvalue weighted by molar-refractivity contribution is 7.99. The summed E-state index contributed by atoms with van der Waals surface area (Å²) in [6.07, 6.45) is 0.629. The summed E-state index contributed by atoms with van der Waals surface area (Å²) in [5.74, 6) is 1.47. The van der Waals surface area contributed by atoms with Crippen LogP contribution in [0, 0.1) is 0 Å². The average molecular weight is 494 g/mol. The van der Waals surface area contributed by atoms with Gasteiger partial charge in [-0.1, -0.05) is 36.0 Å². The molecule has 4 aromatic rings. The first-order valence-corrected chi connectivity index (χ1v) is 12.2. The van der Waals surface area contributed by atoms with E-state index >= 15 is 0 Å². The van der Waals surface area contributed by atoms with Crippen LogP contribution in [0.2, 0.25) is 0 Å². The third kappa shape index (κ3) is 5.05. The van der Waals surface area contributed by atoms with Crippen LogP contribution in [0.3, 0.4) is 0 Å². The molecule has 0 fully saturated rings. The molecule has 0 unspecified atom stereocenters. The zero-order valence-corrected chi connectivity index (χ0v) is 19.4. The molecular weight excluding hydrogens is 474 g/mol. The molecule has 0 saturated carbocycles. The average Bonchev–Trinajstić information content (AvgIpc) is 3.59. The number of fused-ring (bicyclic) bond motifs is 1. The molecule has 5 rings (SSSR count). The van der Waals surface area contributed by atoms with Gasteiger partial charge in [-0.2, -0.15) is 0 Å². The Morgan fingerprint density at radius 1 is 1.03 bits per heavy atom. The maximum absolute atomic E-state index is 12.4. The molecule has 11 heteroatoms. The lowest BCUT2D eigenvalue weighted by molar-refractivity contribution is -0.117. The van der Waals surface area contributed by atoms with Gasteiger partial charge in [-0.3, -0.25) is 14.7 Å². The van der Waals surface area contributed by atoms with Gasteiger partial charge in [0, 0.05) is 28.7 Å². The van der Waals surface area contributed by atoms with Crippen molar-refractivity contribution >= 4 is 40.7 Å². The van der Waals surface area contributed by atoms with Gasteiger partial charge in [0.25, 0.3) is 0 Å². The number of benzene rings is 2. The molecule has 0 saturated heterocycles. The number of thioether (sulfide) groups is 1. The molecule has 0 aliphatic carbocycles. The Hall–Kier alpha value is -3.83. The number of hydrogen-bond acceptors (Lipinski definition) is 8. The van der Waals surface area contributed by atoms with E-state index < -0.39 is 11.9 Å². The molecule has 3 heterocycles. The molecule has 0 spiro atoms. The minimum atomic E-state index is -0.632. The molecule has 172 valence electrons. The molecular formula is C23H19N5O4S2. The number of nitrogens with zero attached hydrogens (tertiary/aromatic N) is 3. The number of anilines is 1. The number of carbonyl (C=O) groups is 2. The van der Waals surface area contributed by atoms with Gasteiger partial charge in [0.15, 0.2) is 16.7 Å². The van der Waals surface area contributed by atoms with Crippen LogP contribution in [0.25, 0.3) is 5.69 Å². The fourth-order valence-corrected chi connectivity index (χ4v) is 4.82. The number of imide groups is 1. The standard InChI is InChI=1S/C23H19N5O4S2/c29-21(25-22(30)24-15-8-9-18-19(11-15)32-14-31-18)13-34-23-27-26-20(12-17-7-4-10-33-17)28(23)16-5-2-1-3-6-16/h1-11H,12-14H2,(H2,24,25,29,30). The second kappa shape index (κ2) is 9.98. The Morgan fingerprint density at radius 2 is 1.88 bits per heavy atom. The predicted molar refractivity (Wildman–Crippen MR) is 129 cm³/mol. The highest BCUT2D eigenvalue weighted by atomic mass is 32.2. The number of urea groups is 1. The summed E-state index contributed by atoms with van der Waals surface area (Å²) in [5, 5.41) is 16.2. The van der Waals surface area contributed by atoms with Gasteiger partial charge in [0.2, 0.25) is 12.7 Å². The van der Waals surface area contributed by atoms with E-state index in [2.05, 4.69) is 20.8 Å². The quantitative estimate of drug-likeness (QED) is 0.374. The fraction of sp³-hybridized carbons (Fsp3) is 0.130. The number of rotatable bonds is 7. The zero-order valence-electron chi connectivity index (χ0n) is 17.8. The predicted octanol–water partition coefficient (Wildman–Crippen LogP) is 4.09. The molecule has 2 N–H and O–H groups in total. The monoisotopic (exact) mass is 493 g/mol. The first-order chi connectivity index (χ1) is 16.7. The number of nitrogens with one attached hydrogen (secondary N) is 2. The molecule has 1 aliphatic heterocycles. The largest absolute Gasteiger partial charge is 0.454 e. The minimum absolute atomic E-state index is 0.00146. The second-order valence-corrected chi connectivity index (χ2v) is 9.16. The molecule has 0 radical (unpaired) electrons. The summed E-state index contributed by atoms with van der Waals surface area (Å²) in [6, 6.07) is 18.2. The lowest BCUT2D eigenvalue weighted by Crippen LogP contribution is -2.35. The third-order valence-corrected chi connectivity index (χ3v) is 6.65. The number of carbonyl (C=O) groups excluding carboxylic acids is 2. The number of hydrogen-bond donors (Lipinski definition) is 2. The molecule has 0 atom stereocenters. The molecule has 2 aromatic carbocycles. The van der Waals surface area contributed by atoms with Crippen molar-refractivity contribution in [2.24, 2.45) is 0 Å². The van der Waals surface area contributed by atoms with E-state index in [9.17, 15) is 9.59 Å². The van der Waals surface area contributed by atoms with Crippen molar-refractivity contribution in [3.05, 3.63) is 76.7 Å². The van der Waals surface area contributed by atoms with Gasteiger partial charge in [0.05, 0.1) is 5.75 Å². The van der Waals surface area contributed by atoms with Crippen molar-refractivity contribution in [3.63, 3.8) is 0 Å². The Kier molecular flexibility index (Phi) is 6.45. The van der Waals surface area contributed by atoms with Crippen molar-refractivity contribution in [2.75, 3.05) is 17.9 Å². The SMILES string of the molecule is O=C(CSc1nnc(Cc2cccs2)n1-c1ccccc1)NC(=O)Nc1ccc2c(c1)OCO2. The van der Waals surface area contributed by atoms with Crippen molar-refractivity contribution in [1.82, 2.24) is 20.1 Å². The van der Waals surface area contributed by atoms with Gasteiger partial charge in [-0.25, -0.2) is 4.79 Å². The highest BCUT2D eigenvalue weighted by Crippen LogP contribution is 2.34. The molecule has 34 heavy (non-hydrogen) atoms. The summed E-state index contributed by atoms with van der Waals surface area (Å²) >= 11 is 2.86.